The summed E-state index contributed by atoms with van der Waals surface area (Å²) in [4.78, 5) is 40.0. The number of hydrogen-bond acceptors (Lipinski definition) is 7. The highest BCUT2D eigenvalue weighted by molar-refractivity contribution is 7.13. The Morgan fingerprint density at radius 3 is 2.41 bits per heavy atom. The number of hydrogen-bond donors (Lipinski definition) is 2. The second kappa shape index (κ2) is 8.98. The van der Waals surface area contributed by atoms with Gasteiger partial charge in [-0.1, -0.05) is 6.07 Å². The molecule has 2 N–H and O–H groups in total. The van der Waals surface area contributed by atoms with Crippen LogP contribution in [0.1, 0.15) is 27.6 Å². The van der Waals surface area contributed by atoms with Gasteiger partial charge in [-0.15, -0.1) is 11.3 Å². The molecular weight excluding hydrogens is 394 g/mol. The first-order valence-corrected chi connectivity index (χ1v) is 9.33. The number of rotatable bonds is 6. The van der Waals surface area contributed by atoms with Crippen LogP contribution in [0.3, 0.4) is 0 Å². The van der Waals surface area contributed by atoms with Gasteiger partial charge in [-0.3, -0.25) is 19.7 Å². The average Bonchev–Trinajstić information content (AvgIpc) is 3.21. The molecule has 3 rings (SSSR count). The Bertz CT molecular complexity index is 1050. The van der Waals surface area contributed by atoms with Crippen molar-refractivity contribution in [3.8, 4) is 11.5 Å². The predicted octanol–water partition coefficient (Wildman–Crippen LogP) is 3.58. The molecule has 1 aromatic heterocycles. The molecule has 0 unspecified atom stereocenters. The smallest absolute Gasteiger partial charge is 0.308 e. The van der Waals surface area contributed by atoms with Crippen molar-refractivity contribution < 1.29 is 23.9 Å². The Kier molecular flexibility index (Phi) is 6.20. The number of aromatic nitrogens is 1. The van der Waals surface area contributed by atoms with Crippen molar-refractivity contribution >= 4 is 39.9 Å². The molecule has 2 aromatic carbocycles. The van der Waals surface area contributed by atoms with E-state index in [1.165, 1.54) is 43.6 Å². The van der Waals surface area contributed by atoms with E-state index in [1.54, 1.807) is 35.8 Å². The zero-order chi connectivity index (χ0) is 20.8. The Morgan fingerprint density at radius 1 is 0.966 bits per heavy atom. The number of esters is 1. The molecule has 8 nitrogen and oxygen atoms in total. The molecule has 1 heterocycles. The van der Waals surface area contributed by atoms with Crippen LogP contribution in [-0.4, -0.2) is 29.9 Å². The van der Waals surface area contributed by atoms with Gasteiger partial charge in [-0.2, -0.15) is 0 Å². The quantitative estimate of drug-likeness (QED) is 0.474. The van der Waals surface area contributed by atoms with E-state index in [1.807, 2.05) is 0 Å². The van der Waals surface area contributed by atoms with E-state index in [0.29, 0.717) is 21.9 Å². The minimum Gasteiger partial charge on any atom is -0.493 e. The SMILES string of the molecule is COc1cc(C(=O)Nc2cccc(C(=O)Nc3nccs3)c2)ccc1OC(C)=O. The standard InChI is InChI=1S/C20H17N3O5S/c1-12(24)28-16-7-6-14(11-17(16)27-2)18(25)22-15-5-3-4-13(10-15)19(26)23-20-21-8-9-29-20/h3-11H,1-2H3,(H,22,25)(H,21,23,26). The lowest BCUT2D eigenvalue weighted by Crippen LogP contribution is -2.15. The molecule has 0 aliphatic carbocycles. The summed E-state index contributed by atoms with van der Waals surface area (Å²) in [6.07, 6.45) is 1.60. The van der Waals surface area contributed by atoms with Crippen LogP contribution in [0.25, 0.3) is 0 Å². The van der Waals surface area contributed by atoms with Crippen LogP contribution in [0.15, 0.2) is 54.0 Å². The van der Waals surface area contributed by atoms with Crippen LogP contribution in [-0.2, 0) is 4.79 Å². The second-order valence-corrected chi connectivity index (χ2v) is 6.68. The van der Waals surface area contributed by atoms with Gasteiger partial charge >= 0.3 is 5.97 Å². The van der Waals surface area contributed by atoms with Gasteiger partial charge in [0.15, 0.2) is 16.6 Å². The van der Waals surface area contributed by atoms with Crippen LogP contribution >= 0.6 is 11.3 Å². The number of benzene rings is 2. The summed E-state index contributed by atoms with van der Waals surface area (Å²) in [6.45, 7) is 1.28. The minimum absolute atomic E-state index is 0.220. The first-order valence-electron chi connectivity index (χ1n) is 8.45. The van der Waals surface area contributed by atoms with Crippen LogP contribution in [0.4, 0.5) is 10.8 Å². The van der Waals surface area contributed by atoms with Gasteiger partial charge in [-0.25, -0.2) is 4.98 Å². The number of carbonyl (C=O) groups excluding carboxylic acids is 3. The summed E-state index contributed by atoms with van der Waals surface area (Å²) in [7, 11) is 1.41. The molecule has 0 saturated heterocycles. The van der Waals surface area contributed by atoms with Crippen molar-refractivity contribution in [1.82, 2.24) is 4.98 Å². The molecule has 2 amide bonds. The van der Waals surface area contributed by atoms with E-state index in [-0.39, 0.29) is 17.4 Å². The van der Waals surface area contributed by atoms with Crippen LogP contribution < -0.4 is 20.1 Å². The van der Waals surface area contributed by atoms with E-state index in [2.05, 4.69) is 15.6 Å². The Balaban J connectivity index is 1.73. The second-order valence-electron chi connectivity index (χ2n) is 5.79. The molecule has 0 radical (unpaired) electrons. The fourth-order valence-corrected chi connectivity index (χ4v) is 2.97. The number of methoxy groups -OCH3 is 1. The molecule has 148 valence electrons. The zero-order valence-corrected chi connectivity index (χ0v) is 16.4. The third kappa shape index (κ3) is 5.17. The number of nitrogens with zero attached hydrogens (tertiary/aromatic N) is 1. The number of amides is 2. The number of ether oxygens (including phenoxy) is 2. The molecule has 0 saturated carbocycles. The zero-order valence-electron chi connectivity index (χ0n) is 15.6. The van der Waals surface area contributed by atoms with Crippen LogP contribution in [0.5, 0.6) is 11.5 Å². The fourth-order valence-electron chi connectivity index (χ4n) is 2.44. The van der Waals surface area contributed by atoms with Crippen molar-refractivity contribution in [1.29, 1.82) is 0 Å². The molecule has 0 fully saturated rings. The van der Waals surface area contributed by atoms with Gasteiger partial charge in [0.1, 0.15) is 0 Å². The van der Waals surface area contributed by atoms with Crippen LogP contribution in [0, 0.1) is 0 Å². The van der Waals surface area contributed by atoms with Crippen molar-refractivity contribution in [2.45, 2.75) is 6.92 Å². The molecular formula is C20H17N3O5S. The molecule has 9 heteroatoms. The molecule has 0 aliphatic heterocycles. The number of nitrogens with one attached hydrogen (secondary N) is 2. The highest BCUT2D eigenvalue weighted by Crippen LogP contribution is 2.28. The lowest BCUT2D eigenvalue weighted by atomic mass is 10.1. The van der Waals surface area contributed by atoms with Gasteiger partial charge in [0.25, 0.3) is 11.8 Å². The van der Waals surface area contributed by atoms with Crippen molar-refractivity contribution in [3.63, 3.8) is 0 Å². The van der Waals surface area contributed by atoms with Gasteiger partial charge in [0, 0.05) is 35.3 Å². The Hall–Kier alpha value is -3.72. The molecule has 0 spiro atoms. The third-order valence-corrected chi connectivity index (χ3v) is 4.40. The van der Waals surface area contributed by atoms with Gasteiger partial charge in [0.05, 0.1) is 7.11 Å². The summed E-state index contributed by atoms with van der Waals surface area (Å²) >= 11 is 1.31. The maximum atomic E-state index is 12.6. The van der Waals surface area contributed by atoms with E-state index < -0.39 is 11.9 Å². The first-order chi connectivity index (χ1) is 14.0. The summed E-state index contributed by atoms with van der Waals surface area (Å²) in [5, 5.41) is 7.66. The molecule has 29 heavy (non-hydrogen) atoms. The summed E-state index contributed by atoms with van der Waals surface area (Å²) in [5.41, 5.74) is 1.13. The summed E-state index contributed by atoms with van der Waals surface area (Å²) in [6, 6.07) is 11.0. The minimum atomic E-state index is -0.492. The lowest BCUT2D eigenvalue weighted by Gasteiger charge is -2.11. The monoisotopic (exact) mass is 411 g/mol. The van der Waals surface area contributed by atoms with Crippen molar-refractivity contribution in [2.24, 2.45) is 0 Å². The highest BCUT2D eigenvalue weighted by atomic mass is 32.1. The van der Waals surface area contributed by atoms with Gasteiger partial charge < -0.3 is 14.8 Å². The highest BCUT2D eigenvalue weighted by Gasteiger charge is 2.14. The molecule has 0 aliphatic rings. The van der Waals surface area contributed by atoms with Gasteiger partial charge in [0.2, 0.25) is 0 Å². The summed E-state index contributed by atoms with van der Waals surface area (Å²) < 4.78 is 10.2. The lowest BCUT2D eigenvalue weighted by molar-refractivity contribution is -0.132. The fraction of sp³-hybridized carbons (Fsp3) is 0.100. The Morgan fingerprint density at radius 2 is 1.72 bits per heavy atom. The van der Waals surface area contributed by atoms with Crippen molar-refractivity contribution in [3.05, 3.63) is 65.2 Å². The third-order valence-electron chi connectivity index (χ3n) is 3.71. The summed E-state index contributed by atoms with van der Waals surface area (Å²) in [5.74, 6) is -0.756. The normalized spacial score (nSPS) is 10.1. The van der Waals surface area contributed by atoms with Gasteiger partial charge in [-0.05, 0) is 36.4 Å². The van der Waals surface area contributed by atoms with E-state index >= 15 is 0 Å². The Labute approximate surface area is 170 Å². The van der Waals surface area contributed by atoms with Crippen molar-refractivity contribution in [2.75, 3.05) is 17.7 Å². The first kappa shape index (κ1) is 20.0. The topological polar surface area (TPSA) is 107 Å². The number of anilines is 2. The van der Waals surface area contributed by atoms with E-state index in [4.69, 9.17) is 9.47 Å². The maximum Gasteiger partial charge on any atom is 0.308 e. The number of thiazole rings is 1. The van der Waals surface area contributed by atoms with E-state index in [0.717, 1.165) is 0 Å². The molecule has 3 aromatic rings. The molecule has 0 bridgehead atoms. The largest absolute Gasteiger partial charge is 0.493 e. The molecule has 0 atom stereocenters. The average molecular weight is 411 g/mol. The van der Waals surface area contributed by atoms with E-state index in [9.17, 15) is 14.4 Å². The number of carbonyl (C=O) groups is 3. The maximum absolute atomic E-state index is 12.6. The predicted molar refractivity (Wildman–Crippen MR) is 109 cm³/mol. The van der Waals surface area contributed by atoms with Crippen LogP contribution in [0.2, 0.25) is 0 Å².